The topological polar surface area (TPSA) is 83.8 Å². The second-order valence-electron chi connectivity index (χ2n) is 4.21. The zero-order chi connectivity index (χ0) is 12.1. The minimum Gasteiger partial charge on any atom is -0.481 e. The molecule has 1 rings (SSSR count). The Morgan fingerprint density at radius 2 is 1.88 bits per heavy atom. The van der Waals surface area contributed by atoms with Gasteiger partial charge < -0.3 is 14.9 Å². The van der Waals surface area contributed by atoms with Crippen LogP contribution in [0, 0.1) is 11.8 Å². The lowest BCUT2D eigenvalue weighted by Crippen LogP contribution is -2.38. The average Bonchev–Trinajstić information content (AvgIpc) is 2.44. The summed E-state index contributed by atoms with van der Waals surface area (Å²) < 4.78 is 4.49. The van der Waals surface area contributed by atoms with E-state index >= 15 is 0 Å². The smallest absolute Gasteiger partial charge is 0.320 e. The number of rotatable bonds is 3. The molecule has 1 saturated carbocycles. The van der Waals surface area contributed by atoms with Crippen LogP contribution in [0.25, 0.3) is 0 Å². The Morgan fingerprint density at radius 3 is 2.44 bits per heavy atom. The molecule has 5 heteroatoms. The zero-order valence-corrected chi connectivity index (χ0v) is 9.39. The van der Waals surface area contributed by atoms with E-state index in [1.54, 1.807) is 0 Å². The van der Waals surface area contributed by atoms with Gasteiger partial charge in [-0.25, -0.2) is 0 Å². The summed E-state index contributed by atoms with van der Waals surface area (Å²) in [5, 5.41) is 18.9. The van der Waals surface area contributed by atoms with Gasteiger partial charge in [-0.15, -0.1) is 0 Å². The predicted octanol–water partition coefficient (Wildman–Crippen LogP) is 0.801. The van der Waals surface area contributed by atoms with Crippen molar-refractivity contribution in [3.05, 3.63) is 0 Å². The maximum absolute atomic E-state index is 11.4. The molecular formula is C11H18O5. The maximum atomic E-state index is 11.4. The van der Waals surface area contributed by atoms with Gasteiger partial charge in [0.1, 0.15) is 0 Å². The second kappa shape index (κ2) is 5.84. The van der Waals surface area contributed by atoms with E-state index in [0.717, 1.165) is 19.3 Å². The van der Waals surface area contributed by atoms with Crippen LogP contribution in [0.4, 0.5) is 0 Å². The van der Waals surface area contributed by atoms with Crippen LogP contribution < -0.4 is 0 Å². The van der Waals surface area contributed by atoms with Crippen molar-refractivity contribution < 1.29 is 24.5 Å². The summed E-state index contributed by atoms with van der Waals surface area (Å²) in [5.74, 6) is -3.73. The molecule has 0 radical (unpaired) electrons. The number of carboxylic acid groups (broad SMARTS) is 1. The third-order valence-electron chi connectivity index (χ3n) is 3.18. The number of carbonyl (C=O) groups is 2. The molecule has 0 heterocycles. The summed E-state index contributed by atoms with van der Waals surface area (Å²) in [6.45, 7) is 0. The van der Waals surface area contributed by atoms with Crippen molar-refractivity contribution in [3.63, 3.8) is 0 Å². The molecule has 0 saturated heterocycles. The first-order valence-electron chi connectivity index (χ1n) is 5.56. The molecule has 16 heavy (non-hydrogen) atoms. The van der Waals surface area contributed by atoms with E-state index in [4.69, 9.17) is 5.11 Å². The highest BCUT2D eigenvalue weighted by molar-refractivity contribution is 5.94. The Hall–Kier alpha value is -1.10. The molecule has 0 aromatic rings. The number of hydrogen-bond acceptors (Lipinski definition) is 4. The van der Waals surface area contributed by atoms with E-state index < -0.39 is 29.9 Å². The molecular weight excluding hydrogens is 212 g/mol. The summed E-state index contributed by atoms with van der Waals surface area (Å²) in [6.07, 6.45) is 3.11. The molecule has 0 spiro atoms. The summed E-state index contributed by atoms with van der Waals surface area (Å²) >= 11 is 0. The fourth-order valence-electron chi connectivity index (χ4n) is 2.29. The Morgan fingerprint density at radius 1 is 1.25 bits per heavy atom. The number of aliphatic carboxylic acids is 1. The molecule has 92 valence electrons. The van der Waals surface area contributed by atoms with Gasteiger partial charge in [0.2, 0.25) is 0 Å². The van der Waals surface area contributed by atoms with Gasteiger partial charge in [0.15, 0.2) is 5.92 Å². The molecule has 2 N–H and O–H groups in total. The number of esters is 1. The Bertz CT molecular complexity index is 263. The van der Waals surface area contributed by atoms with E-state index in [1.807, 2.05) is 0 Å². The number of methoxy groups -OCH3 is 1. The summed E-state index contributed by atoms with van der Waals surface area (Å²) in [6, 6.07) is 0. The normalized spacial score (nSPS) is 27.9. The number of carbonyl (C=O) groups excluding carboxylic acids is 1. The summed E-state index contributed by atoms with van der Waals surface area (Å²) in [7, 11) is 1.17. The molecule has 1 aliphatic carbocycles. The lowest BCUT2D eigenvalue weighted by molar-refractivity contribution is -0.162. The van der Waals surface area contributed by atoms with E-state index in [9.17, 15) is 14.7 Å². The molecule has 3 atom stereocenters. The first-order valence-corrected chi connectivity index (χ1v) is 5.56. The standard InChI is InChI=1S/C11H18O5/c1-16-11(15)9(10(13)14)7-5-3-2-4-6-8(7)12/h7-9,12H,2-6H2,1H3,(H,13,14). The van der Waals surface area contributed by atoms with Crippen molar-refractivity contribution in [3.8, 4) is 0 Å². The van der Waals surface area contributed by atoms with Crippen LogP contribution in [0.5, 0.6) is 0 Å². The van der Waals surface area contributed by atoms with Crippen molar-refractivity contribution >= 4 is 11.9 Å². The van der Waals surface area contributed by atoms with E-state index in [1.165, 1.54) is 7.11 Å². The van der Waals surface area contributed by atoms with Gasteiger partial charge >= 0.3 is 11.9 Å². The van der Waals surface area contributed by atoms with Crippen LogP contribution in [0.1, 0.15) is 32.1 Å². The van der Waals surface area contributed by atoms with Crippen LogP contribution in [0.15, 0.2) is 0 Å². The number of hydrogen-bond donors (Lipinski definition) is 2. The minimum atomic E-state index is -1.24. The van der Waals surface area contributed by atoms with Gasteiger partial charge in [0, 0.05) is 5.92 Å². The van der Waals surface area contributed by atoms with Gasteiger partial charge in [-0.2, -0.15) is 0 Å². The molecule has 0 aromatic carbocycles. The van der Waals surface area contributed by atoms with Crippen molar-refractivity contribution in [1.82, 2.24) is 0 Å². The molecule has 0 bridgehead atoms. The third-order valence-corrected chi connectivity index (χ3v) is 3.18. The van der Waals surface area contributed by atoms with Crippen LogP contribution in [0.2, 0.25) is 0 Å². The van der Waals surface area contributed by atoms with E-state index in [0.29, 0.717) is 12.8 Å². The SMILES string of the molecule is COC(=O)C(C(=O)O)C1CCCCCC1O. The molecule has 0 amide bonds. The molecule has 1 fully saturated rings. The Balaban J connectivity index is 2.82. The van der Waals surface area contributed by atoms with Crippen molar-refractivity contribution in [2.45, 2.75) is 38.2 Å². The maximum Gasteiger partial charge on any atom is 0.320 e. The van der Waals surface area contributed by atoms with Gasteiger partial charge in [-0.1, -0.05) is 19.3 Å². The van der Waals surface area contributed by atoms with Crippen LogP contribution >= 0.6 is 0 Å². The van der Waals surface area contributed by atoms with Crippen LogP contribution in [0.3, 0.4) is 0 Å². The monoisotopic (exact) mass is 230 g/mol. The van der Waals surface area contributed by atoms with Gasteiger partial charge in [-0.05, 0) is 12.8 Å². The fraction of sp³-hybridized carbons (Fsp3) is 0.818. The van der Waals surface area contributed by atoms with Gasteiger partial charge in [-0.3, -0.25) is 9.59 Å². The predicted molar refractivity (Wildman–Crippen MR) is 55.7 cm³/mol. The van der Waals surface area contributed by atoms with Gasteiger partial charge in [0.05, 0.1) is 13.2 Å². The third kappa shape index (κ3) is 2.95. The highest BCUT2D eigenvalue weighted by Crippen LogP contribution is 2.30. The summed E-state index contributed by atoms with van der Waals surface area (Å²) in [4.78, 5) is 22.4. The first-order chi connectivity index (χ1) is 7.57. The molecule has 0 aliphatic heterocycles. The number of aliphatic hydroxyl groups is 1. The summed E-state index contributed by atoms with van der Waals surface area (Å²) in [5.41, 5.74) is 0. The first kappa shape index (κ1) is 13.0. The fourth-order valence-corrected chi connectivity index (χ4v) is 2.29. The van der Waals surface area contributed by atoms with Crippen LogP contribution in [-0.2, 0) is 14.3 Å². The number of ether oxygens (including phenoxy) is 1. The zero-order valence-electron chi connectivity index (χ0n) is 9.39. The Kier molecular flexibility index (Phi) is 4.73. The number of carboxylic acids is 1. The molecule has 0 aromatic heterocycles. The molecule has 1 aliphatic rings. The largest absolute Gasteiger partial charge is 0.481 e. The Labute approximate surface area is 94.4 Å². The van der Waals surface area contributed by atoms with E-state index in [2.05, 4.69) is 4.74 Å². The van der Waals surface area contributed by atoms with Crippen molar-refractivity contribution in [2.24, 2.45) is 11.8 Å². The second-order valence-corrected chi connectivity index (χ2v) is 4.21. The quantitative estimate of drug-likeness (QED) is 0.425. The van der Waals surface area contributed by atoms with Crippen molar-refractivity contribution in [1.29, 1.82) is 0 Å². The van der Waals surface area contributed by atoms with Gasteiger partial charge in [0.25, 0.3) is 0 Å². The average molecular weight is 230 g/mol. The highest BCUT2D eigenvalue weighted by Gasteiger charge is 2.39. The van der Waals surface area contributed by atoms with E-state index in [-0.39, 0.29) is 0 Å². The number of aliphatic hydroxyl groups excluding tert-OH is 1. The van der Waals surface area contributed by atoms with Crippen LogP contribution in [-0.4, -0.2) is 35.4 Å². The lowest BCUT2D eigenvalue weighted by atomic mass is 9.84. The van der Waals surface area contributed by atoms with Crippen molar-refractivity contribution in [2.75, 3.05) is 7.11 Å². The highest BCUT2D eigenvalue weighted by atomic mass is 16.5. The molecule has 3 unspecified atom stereocenters. The molecule has 5 nitrogen and oxygen atoms in total. The lowest BCUT2D eigenvalue weighted by Gasteiger charge is -2.24. The minimum absolute atomic E-state index is 0.521.